The molecule has 0 atom stereocenters. The van der Waals surface area contributed by atoms with Gasteiger partial charge in [-0.1, -0.05) is 47.5 Å². The van der Waals surface area contributed by atoms with E-state index >= 15 is 0 Å². The maximum atomic E-state index is 13.4. The van der Waals surface area contributed by atoms with Crippen molar-refractivity contribution in [1.82, 2.24) is 3.97 Å². The number of hydrogen-bond acceptors (Lipinski definition) is 3. The van der Waals surface area contributed by atoms with E-state index in [0.717, 1.165) is 10.9 Å². The Balaban J connectivity index is 1.80. The van der Waals surface area contributed by atoms with Crippen LogP contribution in [-0.4, -0.2) is 19.4 Å². The quantitative estimate of drug-likeness (QED) is 0.367. The van der Waals surface area contributed by atoms with Crippen LogP contribution in [0.1, 0.15) is 5.56 Å². The Bertz CT molecular complexity index is 1350. The van der Waals surface area contributed by atoms with E-state index in [9.17, 15) is 12.8 Å². The summed E-state index contributed by atoms with van der Waals surface area (Å²) in [6, 6.07) is 17.6. The summed E-state index contributed by atoms with van der Waals surface area (Å²) in [5.74, 6) is -0.415. The van der Waals surface area contributed by atoms with E-state index in [-0.39, 0.29) is 9.92 Å². The van der Waals surface area contributed by atoms with E-state index in [2.05, 4.69) is 0 Å². The van der Waals surface area contributed by atoms with Gasteiger partial charge in [0.2, 0.25) is 0 Å². The Hall–Kier alpha value is -2.54. The number of fused-ring (bicyclic) bond motifs is 1. The Kier molecular flexibility index (Phi) is 5.49. The fourth-order valence-electron chi connectivity index (χ4n) is 3.42. The molecule has 0 spiro atoms. The first-order valence-corrected chi connectivity index (χ1v) is 11.2. The Morgan fingerprint density at radius 3 is 2.50 bits per heavy atom. The Morgan fingerprint density at radius 2 is 1.77 bits per heavy atom. The van der Waals surface area contributed by atoms with Crippen LogP contribution in [-0.2, 0) is 16.6 Å². The van der Waals surface area contributed by atoms with Crippen LogP contribution in [0.5, 0.6) is 0 Å². The second kappa shape index (κ2) is 7.95. The van der Waals surface area contributed by atoms with Gasteiger partial charge in [-0.05, 0) is 48.0 Å². The van der Waals surface area contributed by atoms with Gasteiger partial charge >= 0.3 is 0 Å². The number of benzene rings is 3. The third-order valence-corrected chi connectivity index (χ3v) is 7.05. The van der Waals surface area contributed by atoms with Gasteiger partial charge in [0.25, 0.3) is 10.0 Å². The maximum Gasteiger partial charge on any atom is 0.268 e. The average Bonchev–Trinajstić information content (AvgIpc) is 3.07. The summed E-state index contributed by atoms with van der Waals surface area (Å²) in [6.45, 7) is 0.379. The number of anilines is 1. The topological polar surface area (TPSA) is 42.3 Å². The molecule has 1 aromatic heterocycles. The Morgan fingerprint density at radius 1 is 1.00 bits per heavy atom. The van der Waals surface area contributed by atoms with Crippen molar-refractivity contribution >= 4 is 49.8 Å². The van der Waals surface area contributed by atoms with E-state index < -0.39 is 15.8 Å². The minimum Gasteiger partial charge on any atom is -0.369 e. The first-order chi connectivity index (χ1) is 14.3. The smallest absolute Gasteiger partial charge is 0.268 e. The molecule has 0 aliphatic heterocycles. The van der Waals surface area contributed by atoms with Crippen molar-refractivity contribution in [3.8, 4) is 0 Å². The molecule has 1 heterocycles. The van der Waals surface area contributed by atoms with Crippen molar-refractivity contribution in [1.29, 1.82) is 0 Å². The lowest BCUT2D eigenvalue weighted by molar-refractivity contribution is 0.589. The van der Waals surface area contributed by atoms with Gasteiger partial charge in [0, 0.05) is 30.2 Å². The maximum absolute atomic E-state index is 13.4. The van der Waals surface area contributed by atoms with Gasteiger partial charge in [0.05, 0.1) is 21.1 Å². The number of para-hydroxylation sites is 1. The second-order valence-electron chi connectivity index (χ2n) is 6.88. The van der Waals surface area contributed by atoms with Crippen molar-refractivity contribution < 1.29 is 12.8 Å². The van der Waals surface area contributed by atoms with E-state index in [1.807, 2.05) is 24.1 Å². The highest BCUT2D eigenvalue weighted by Crippen LogP contribution is 2.31. The molecule has 0 fully saturated rings. The zero-order valence-corrected chi connectivity index (χ0v) is 18.2. The summed E-state index contributed by atoms with van der Waals surface area (Å²) in [4.78, 5) is 1.96. The van der Waals surface area contributed by atoms with Crippen LogP contribution in [0.3, 0.4) is 0 Å². The van der Waals surface area contributed by atoms with Gasteiger partial charge in [0.1, 0.15) is 5.82 Å². The fourth-order valence-corrected chi connectivity index (χ4v) is 5.42. The molecule has 0 bridgehead atoms. The van der Waals surface area contributed by atoms with Gasteiger partial charge in [-0.2, -0.15) is 0 Å². The van der Waals surface area contributed by atoms with E-state index in [1.165, 1.54) is 28.2 Å². The van der Waals surface area contributed by atoms with Gasteiger partial charge in [-0.3, -0.25) is 0 Å². The molecule has 0 radical (unpaired) electrons. The highest BCUT2D eigenvalue weighted by atomic mass is 35.5. The molecular weight excluding hydrogens is 446 g/mol. The molecule has 4 rings (SSSR count). The highest BCUT2D eigenvalue weighted by molar-refractivity contribution is 7.90. The fraction of sp³-hybridized carbons (Fsp3) is 0.0909. The molecule has 0 unspecified atom stereocenters. The number of hydrogen-bond donors (Lipinski definition) is 0. The lowest BCUT2D eigenvalue weighted by Gasteiger charge is -2.20. The molecule has 0 saturated heterocycles. The van der Waals surface area contributed by atoms with Gasteiger partial charge < -0.3 is 4.90 Å². The molecule has 3 aromatic carbocycles. The molecule has 30 heavy (non-hydrogen) atoms. The number of aromatic nitrogens is 1. The molecule has 0 aliphatic rings. The molecule has 0 saturated carbocycles. The standard InChI is InChI=1S/C22H17Cl2FN2O2S/c1-26(22-10-9-17(25)12-20(22)24)13-15-14-27(21-8-3-2-7-19(15)21)30(28,29)18-6-4-5-16(23)11-18/h2-12,14H,13H2,1H3. The van der Waals surface area contributed by atoms with E-state index in [0.29, 0.717) is 22.8 Å². The molecule has 0 amide bonds. The largest absolute Gasteiger partial charge is 0.369 e. The normalized spacial score (nSPS) is 11.7. The number of rotatable bonds is 5. The summed E-state index contributed by atoms with van der Waals surface area (Å²) in [7, 11) is -2.03. The summed E-state index contributed by atoms with van der Waals surface area (Å²) in [5.41, 5.74) is 2.00. The van der Waals surface area contributed by atoms with Crippen LogP contribution in [0.2, 0.25) is 10.0 Å². The van der Waals surface area contributed by atoms with Crippen LogP contribution in [0.4, 0.5) is 10.1 Å². The number of halogens is 3. The lowest BCUT2D eigenvalue weighted by Crippen LogP contribution is -2.17. The SMILES string of the molecule is CN(Cc1cn(S(=O)(=O)c2cccc(Cl)c2)c2ccccc12)c1ccc(F)cc1Cl. The van der Waals surface area contributed by atoms with Crippen LogP contribution in [0.25, 0.3) is 10.9 Å². The summed E-state index contributed by atoms with van der Waals surface area (Å²) in [5, 5.41) is 1.43. The molecule has 0 N–H and O–H groups in total. The van der Waals surface area contributed by atoms with Crippen molar-refractivity contribution in [3.63, 3.8) is 0 Å². The van der Waals surface area contributed by atoms with Crippen molar-refractivity contribution in [3.05, 3.63) is 94.4 Å². The van der Waals surface area contributed by atoms with Crippen LogP contribution >= 0.6 is 23.2 Å². The predicted octanol–water partition coefficient (Wildman–Crippen LogP) is 5.96. The lowest BCUT2D eigenvalue weighted by atomic mass is 10.1. The van der Waals surface area contributed by atoms with Gasteiger partial charge in [-0.25, -0.2) is 16.8 Å². The molecule has 4 aromatic rings. The van der Waals surface area contributed by atoms with Gasteiger partial charge in [-0.15, -0.1) is 0 Å². The molecule has 4 nitrogen and oxygen atoms in total. The molecule has 8 heteroatoms. The first kappa shape index (κ1) is 20.7. The number of nitrogens with zero attached hydrogens (tertiary/aromatic N) is 2. The summed E-state index contributed by atoms with van der Waals surface area (Å²) < 4.78 is 41.2. The minimum atomic E-state index is -3.84. The second-order valence-corrected chi connectivity index (χ2v) is 9.54. The zero-order chi connectivity index (χ0) is 21.5. The average molecular weight is 463 g/mol. The monoisotopic (exact) mass is 462 g/mol. The van der Waals surface area contributed by atoms with Gasteiger partial charge in [0.15, 0.2) is 0 Å². The summed E-state index contributed by atoms with van der Waals surface area (Å²) >= 11 is 12.2. The molecule has 0 aliphatic carbocycles. The third-order valence-electron chi connectivity index (χ3n) is 4.84. The molecular formula is C22H17Cl2FN2O2S. The Labute approximate surface area is 184 Å². The highest BCUT2D eigenvalue weighted by Gasteiger charge is 2.22. The van der Waals surface area contributed by atoms with Crippen molar-refractivity contribution in [2.75, 3.05) is 11.9 Å². The predicted molar refractivity (Wildman–Crippen MR) is 119 cm³/mol. The first-order valence-electron chi connectivity index (χ1n) is 9.03. The van der Waals surface area contributed by atoms with Crippen molar-refractivity contribution in [2.24, 2.45) is 0 Å². The summed E-state index contributed by atoms with van der Waals surface area (Å²) in [6.07, 6.45) is 1.61. The van der Waals surface area contributed by atoms with Crippen molar-refractivity contribution in [2.45, 2.75) is 11.4 Å². The van der Waals surface area contributed by atoms with Crippen LogP contribution in [0, 0.1) is 5.82 Å². The third kappa shape index (κ3) is 3.78. The van der Waals surface area contributed by atoms with E-state index in [1.54, 1.807) is 36.5 Å². The van der Waals surface area contributed by atoms with Crippen LogP contribution < -0.4 is 4.90 Å². The van der Waals surface area contributed by atoms with E-state index in [4.69, 9.17) is 23.2 Å². The zero-order valence-electron chi connectivity index (χ0n) is 15.9. The van der Waals surface area contributed by atoms with Crippen LogP contribution in [0.15, 0.2) is 77.8 Å². The molecule has 154 valence electrons. The minimum absolute atomic E-state index is 0.109.